The Morgan fingerprint density at radius 2 is 1.70 bits per heavy atom. The Morgan fingerprint density at radius 3 is 2.22 bits per heavy atom. The summed E-state index contributed by atoms with van der Waals surface area (Å²) in [7, 11) is 0. The van der Waals surface area contributed by atoms with Gasteiger partial charge in [-0.15, -0.1) is 0 Å². The highest BCUT2D eigenvalue weighted by Gasteiger charge is 2.00. The number of rotatable bonds is 3. The van der Waals surface area contributed by atoms with Crippen LogP contribution in [0.25, 0.3) is 16.7 Å². The fraction of sp³-hybridized carbons (Fsp3) is 0.208. The molecule has 0 aliphatic carbocycles. The van der Waals surface area contributed by atoms with Crippen molar-refractivity contribution in [3.8, 4) is 0 Å². The van der Waals surface area contributed by atoms with Crippen LogP contribution in [0.4, 0.5) is 4.39 Å². The molecule has 2 nitrogen and oxygen atoms in total. The Bertz CT molecular complexity index is 882. The molecule has 0 aliphatic heterocycles. The van der Waals surface area contributed by atoms with Crippen molar-refractivity contribution in [1.82, 2.24) is 9.55 Å². The molecule has 3 aromatic rings. The van der Waals surface area contributed by atoms with Crippen LogP contribution in [0.2, 0.25) is 0 Å². The summed E-state index contributed by atoms with van der Waals surface area (Å²) in [5, 5.41) is 0. The lowest BCUT2D eigenvalue weighted by atomic mass is 10.2. The van der Waals surface area contributed by atoms with Crippen molar-refractivity contribution in [2.75, 3.05) is 0 Å². The molecule has 3 heteroatoms. The molecule has 3 rings (SSSR count). The first-order chi connectivity index (χ1) is 12.9. The summed E-state index contributed by atoms with van der Waals surface area (Å²) in [6.45, 7) is 15.8. The number of nitrogens with zero attached hydrogens (tertiary/aromatic N) is 2. The number of hydrogen-bond donors (Lipinski definition) is 0. The van der Waals surface area contributed by atoms with Gasteiger partial charge in [0.1, 0.15) is 12.1 Å². The van der Waals surface area contributed by atoms with Crippen molar-refractivity contribution in [3.05, 3.63) is 97.1 Å². The Hall–Kier alpha value is -2.94. The van der Waals surface area contributed by atoms with Crippen LogP contribution in [0.5, 0.6) is 0 Å². The van der Waals surface area contributed by atoms with E-state index in [0.29, 0.717) is 0 Å². The third kappa shape index (κ3) is 7.45. The maximum Gasteiger partial charge on any atom is 0.123 e. The van der Waals surface area contributed by atoms with Gasteiger partial charge >= 0.3 is 0 Å². The molecular formula is C24H29FN2. The van der Waals surface area contributed by atoms with E-state index in [1.807, 2.05) is 42.7 Å². The van der Waals surface area contributed by atoms with Crippen LogP contribution >= 0.6 is 0 Å². The second-order valence-electron chi connectivity index (χ2n) is 6.14. The van der Waals surface area contributed by atoms with E-state index in [-0.39, 0.29) is 5.82 Å². The zero-order chi connectivity index (χ0) is 20.2. The second kappa shape index (κ2) is 11.6. The molecule has 142 valence electrons. The summed E-state index contributed by atoms with van der Waals surface area (Å²) >= 11 is 0. The van der Waals surface area contributed by atoms with Crippen LogP contribution in [0, 0.1) is 5.82 Å². The monoisotopic (exact) mass is 364 g/mol. The fourth-order valence-corrected chi connectivity index (χ4v) is 2.01. The Morgan fingerprint density at radius 1 is 1.11 bits per heavy atom. The minimum Gasteiger partial charge on any atom is -0.299 e. The molecule has 0 saturated carbocycles. The number of fused-ring (bicyclic) bond motifs is 1. The van der Waals surface area contributed by atoms with Gasteiger partial charge in [0.25, 0.3) is 0 Å². The topological polar surface area (TPSA) is 17.8 Å². The lowest BCUT2D eigenvalue weighted by molar-refractivity contribution is 0.627. The Balaban J connectivity index is 0.000000227. The Kier molecular flexibility index (Phi) is 9.52. The van der Waals surface area contributed by atoms with Crippen molar-refractivity contribution >= 4 is 16.7 Å². The molecule has 27 heavy (non-hydrogen) atoms. The van der Waals surface area contributed by atoms with Gasteiger partial charge in [0.15, 0.2) is 0 Å². The number of hydrogen-bond acceptors (Lipinski definition) is 1. The smallest absolute Gasteiger partial charge is 0.123 e. The molecule has 0 saturated heterocycles. The summed E-state index contributed by atoms with van der Waals surface area (Å²) in [4.78, 5) is 4.24. The summed E-state index contributed by atoms with van der Waals surface area (Å²) < 4.78 is 14.1. The van der Waals surface area contributed by atoms with Crippen molar-refractivity contribution < 1.29 is 4.39 Å². The van der Waals surface area contributed by atoms with Gasteiger partial charge < -0.3 is 0 Å². The van der Waals surface area contributed by atoms with E-state index in [4.69, 9.17) is 0 Å². The average Bonchev–Trinajstić information content (AvgIpc) is 3.13. The summed E-state index contributed by atoms with van der Waals surface area (Å²) in [6.07, 6.45) is 6.53. The van der Waals surface area contributed by atoms with E-state index in [1.165, 1.54) is 23.3 Å². The van der Waals surface area contributed by atoms with E-state index in [1.54, 1.807) is 24.5 Å². The Labute approximate surface area is 162 Å². The molecule has 0 N–H and O–H groups in total. The van der Waals surface area contributed by atoms with E-state index in [2.05, 4.69) is 38.1 Å². The molecular weight excluding hydrogens is 335 g/mol. The molecule has 0 unspecified atom stereocenters. The molecule has 0 spiro atoms. The first kappa shape index (κ1) is 22.1. The van der Waals surface area contributed by atoms with E-state index < -0.39 is 0 Å². The molecule has 0 bridgehead atoms. The number of benzene rings is 2. The quantitative estimate of drug-likeness (QED) is 0.359. The maximum absolute atomic E-state index is 12.2. The minimum absolute atomic E-state index is 0.160. The summed E-state index contributed by atoms with van der Waals surface area (Å²) in [5.74, 6) is -0.160. The fourth-order valence-electron chi connectivity index (χ4n) is 2.01. The number of imidazole rings is 1. The molecule has 1 aromatic heterocycles. The van der Waals surface area contributed by atoms with Gasteiger partial charge in [-0.3, -0.25) is 4.57 Å². The van der Waals surface area contributed by atoms with Crippen molar-refractivity contribution in [2.45, 2.75) is 34.1 Å². The summed E-state index contributed by atoms with van der Waals surface area (Å²) in [6, 6.07) is 14.5. The molecule has 0 fully saturated rings. The van der Waals surface area contributed by atoms with Gasteiger partial charge in [0, 0.05) is 5.70 Å². The van der Waals surface area contributed by atoms with Crippen LogP contribution in [-0.2, 0) is 6.42 Å². The third-order valence-corrected chi connectivity index (χ3v) is 3.90. The molecule has 0 atom stereocenters. The van der Waals surface area contributed by atoms with Crippen LogP contribution in [0.15, 0.2) is 85.7 Å². The highest BCUT2D eigenvalue weighted by Crippen LogP contribution is 2.15. The standard InChI is InChI=1S/C11H10N2.C8H9F.C5H10/c1-3-9(2)13-8-12-10-6-4-5-7-11(10)13;1-2-7-3-5-8(9)6-4-7;1-4-5(2)3/h3-8H,1-2H2;3-6H,2H2,1H3;4H,1-3H3. The second-order valence-corrected chi connectivity index (χ2v) is 6.14. The number of aryl methyl sites for hydroxylation is 1. The van der Waals surface area contributed by atoms with Gasteiger partial charge in [0.05, 0.1) is 11.0 Å². The van der Waals surface area contributed by atoms with Gasteiger partial charge in [-0.05, 0) is 63.1 Å². The zero-order valence-corrected chi connectivity index (χ0v) is 16.7. The molecule has 0 radical (unpaired) electrons. The number of aromatic nitrogens is 2. The minimum atomic E-state index is -0.160. The predicted octanol–water partition coefficient (Wildman–Crippen LogP) is 7.05. The maximum atomic E-state index is 12.2. The summed E-state index contributed by atoms with van der Waals surface area (Å²) in [5.41, 5.74) is 5.44. The van der Waals surface area contributed by atoms with E-state index in [9.17, 15) is 4.39 Å². The molecule has 0 aliphatic rings. The number of halogens is 1. The highest BCUT2D eigenvalue weighted by atomic mass is 19.1. The highest BCUT2D eigenvalue weighted by molar-refractivity contribution is 5.79. The van der Waals surface area contributed by atoms with Crippen LogP contribution in [0.1, 0.15) is 33.3 Å². The lowest BCUT2D eigenvalue weighted by Gasteiger charge is -2.01. The van der Waals surface area contributed by atoms with Gasteiger partial charge in [-0.1, -0.05) is 56.0 Å². The van der Waals surface area contributed by atoms with Crippen LogP contribution < -0.4 is 0 Å². The van der Waals surface area contributed by atoms with Crippen LogP contribution in [-0.4, -0.2) is 9.55 Å². The van der Waals surface area contributed by atoms with Crippen molar-refractivity contribution in [1.29, 1.82) is 0 Å². The van der Waals surface area contributed by atoms with Crippen molar-refractivity contribution in [3.63, 3.8) is 0 Å². The third-order valence-electron chi connectivity index (χ3n) is 3.90. The normalized spacial score (nSPS) is 9.37. The first-order valence-electron chi connectivity index (χ1n) is 9.00. The SMILES string of the molecule is C=CC(=C)n1cnc2ccccc21.CC=C(C)C.CCc1ccc(F)cc1. The largest absolute Gasteiger partial charge is 0.299 e. The molecule has 1 heterocycles. The van der Waals surface area contributed by atoms with E-state index in [0.717, 1.165) is 23.2 Å². The molecule has 2 aromatic carbocycles. The average molecular weight is 365 g/mol. The van der Waals surface area contributed by atoms with Gasteiger partial charge in [-0.25, -0.2) is 9.37 Å². The van der Waals surface area contributed by atoms with Gasteiger partial charge in [0.2, 0.25) is 0 Å². The zero-order valence-electron chi connectivity index (χ0n) is 16.7. The molecule has 0 amide bonds. The lowest BCUT2D eigenvalue weighted by Crippen LogP contribution is -1.89. The number of para-hydroxylation sites is 2. The van der Waals surface area contributed by atoms with Gasteiger partial charge in [-0.2, -0.15) is 0 Å². The van der Waals surface area contributed by atoms with Crippen molar-refractivity contribution in [2.24, 2.45) is 0 Å². The predicted molar refractivity (Wildman–Crippen MR) is 116 cm³/mol. The first-order valence-corrected chi connectivity index (χ1v) is 9.00. The number of allylic oxidation sites excluding steroid dienone is 4. The van der Waals surface area contributed by atoms with Crippen LogP contribution in [0.3, 0.4) is 0 Å². The van der Waals surface area contributed by atoms with E-state index >= 15 is 0 Å².